The SMILES string of the molecule is CCCNC(=O)Cc1c(C)nc(=O)[nH]c1C. The zero-order valence-electron chi connectivity index (χ0n) is 9.89. The molecule has 88 valence electrons. The average molecular weight is 223 g/mol. The summed E-state index contributed by atoms with van der Waals surface area (Å²) in [7, 11) is 0. The minimum atomic E-state index is -0.368. The molecule has 0 aliphatic heterocycles. The third kappa shape index (κ3) is 3.18. The van der Waals surface area contributed by atoms with Gasteiger partial charge in [0.15, 0.2) is 0 Å². The number of hydrogen-bond donors (Lipinski definition) is 2. The molecule has 0 fully saturated rings. The quantitative estimate of drug-likeness (QED) is 0.778. The number of carbonyl (C=O) groups excluding carboxylic acids is 1. The summed E-state index contributed by atoms with van der Waals surface area (Å²) in [6.45, 7) is 6.19. The number of H-pyrrole nitrogens is 1. The van der Waals surface area contributed by atoms with E-state index in [4.69, 9.17) is 0 Å². The first kappa shape index (κ1) is 12.4. The molecule has 1 heterocycles. The van der Waals surface area contributed by atoms with Crippen LogP contribution in [-0.4, -0.2) is 22.4 Å². The maximum atomic E-state index is 11.5. The molecule has 0 saturated carbocycles. The van der Waals surface area contributed by atoms with Gasteiger partial charge >= 0.3 is 5.69 Å². The highest BCUT2D eigenvalue weighted by Crippen LogP contribution is 2.07. The Labute approximate surface area is 94.3 Å². The molecule has 0 spiro atoms. The van der Waals surface area contributed by atoms with E-state index in [9.17, 15) is 9.59 Å². The van der Waals surface area contributed by atoms with Crippen LogP contribution >= 0.6 is 0 Å². The van der Waals surface area contributed by atoms with Crippen molar-refractivity contribution in [3.63, 3.8) is 0 Å². The van der Waals surface area contributed by atoms with Gasteiger partial charge in [-0.1, -0.05) is 6.92 Å². The van der Waals surface area contributed by atoms with E-state index >= 15 is 0 Å². The third-order valence-corrected chi connectivity index (χ3v) is 2.36. The second-order valence-electron chi connectivity index (χ2n) is 3.76. The van der Waals surface area contributed by atoms with Gasteiger partial charge in [0.05, 0.1) is 6.42 Å². The van der Waals surface area contributed by atoms with Crippen LogP contribution in [0.3, 0.4) is 0 Å². The summed E-state index contributed by atoms with van der Waals surface area (Å²) in [6, 6.07) is 0. The summed E-state index contributed by atoms with van der Waals surface area (Å²) in [5, 5.41) is 2.79. The van der Waals surface area contributed by atoms with Gasteiger partial charge in [-0.2, -0.15) is 4.98 Å². The van der Waals surface area contributed by atoms with E-state index in [1.165, 1.54) is 0 Å². The van der Waals surface area contributed by atoms with Crippen LogP contribution in [0.4, 0.5) is 0 Å². The fourth-order valence-corrected chi connectivity index (χ4v) is 1.50. The molecule has 0 saturated heterocycles. The molecule has 1 amide bonds. The standard InChI is InChI=1S/C11H17N3O2/c1-4-5-12-10(15)6-9-7(2)13-11(16)14-8(9)3/h4-6H2,1-3H3,(H,12,15)(H,13,14,16). The van der Waals surface area contributed by atoms with Gasteiger partial charge in [-0.15, -0.1) is 0 Å². The molecule has 1 aromatic rings. The minimum absolute atomic E-state index is 0.0399. The molecule has 0 atom stereocenters. The second kappa shape index (κ2) is 5.44. The van der Waals surface area contributed by atoms with Crippen LogP contribution in [0.15, 0.2) is 4.79 Å². The highest BCUT2D eigenvalue weighted by molar-refractivity contribution is 5.78. The molecular formula is C11H17N3O2. The lowest BCUT2D eigenvalue weighted by Gasteiger charge is -2.08. The Balaban J connectivity index is 2.81. The van der Waals surface area contributed by atoms with E-state index in [2.05, 4.69) is 15.3 Å². The van der Waals surface area contributed by atoms with Gasteiger partial charge in [-0.25, -0.2) is 4.79 Å². The van der Waals surface area contributed by atoms with Gasteiger partial charge in [0.1, 0.15) is 0 Å². The molecule has 5 heteroatoms. The van der Waals surface area contributed by atoms with Gasteiger partial charge in [-0.3, -0.25) is 4.79 Å². The van der Waals surface area contributed by atoms with Crippen LogP contribution in [0, 0.1) is 13.8 Å². The highest BCUT2D eigenvalue weighted by Gasteiger charge is 2.10. The van der Waals surface area contributed by atoms with Crippen molar-refractivity contribution in [3.8, 4) is 0 Å². The first-order chi connectivity index (χ1) is 7.54. The number of amides is 1. The van der Waals surface area contributed by atoms with Gasteiger partial charge in [0.25, 0.3) is 0 Å². The van der Waals surface area contributed by atoms with Gasteiger partial charge in [0, 0.05) is 23.5 Å². The van der Waals surface area contributed by atoms with Crippen molar-refractivity contribution in [2.45, 2.75) is 33.6 Å². The topological polar surface area (TPSA) is 74.8 Å². The molecule has 5 nitrogen and oxygen atoms in total. The lowest BCUT2D eigenvalue weighted by molar-refractivity contribution is -0.120. The Morgan fingerprint density at radius 1 is 1.44 bits per heavy atom. The Hall–Kier alpha value is -1.65. The van der Waals surface area contributed by atoms with E-state index in [1.807, 2.05) is 6.92 Å². The monoisotopic (exact) mass is 223 g/mol. The molecule has 0 unspecified atom stereocenters. The van der Waals surface area contributed by atoms with Crippen molar-refractivity contribution in [3.05, 3.63) is 27.4 Å². The van der Waals surface area contributed by atoms with Crippen LogP contribution in [0.1, 0.15) is 30.3 Å². The molecule has 0 aliphatic carbocycles. The van der Waals surface area contributed by atoms with E-state index in [0.29, 0.717) is 17.9 Å². The van der Waals surface area contributed by atoms with E-state index in [-0.39, 0.29) is 18.0 Å². The van der Waals surface area contributed by atoms with Gasteiger partial charge in [-0.05, 0) is 20.3 Å². The number of aromatic amines is 1. The van der Waals surface area contributed by atoms with Crippen molar-refractivity contribution in [2.75, 3.05) is 6.54 Å². The molecule has 0 bridgehead atoms. The number of rotatable bonds is 4. The Bertz CT molecular complexity index is 411. The number of carbonyl (C=O) groups is 1. The zero-order valence-corrected chi connectivity index (χ0v) is 9.89. The van der Waals surface area contributed by atoms with Crippen molar-refractivity contribution in [2.24, 2.45) is 0 Å². The maximum absolute atomic E-state index is 11.5. The summed E-state index contributed by atoms with van der Waals surface area (Å²) in [4.78, 5) is 29.0. The van der Waals surface area contributed by atoms with Crippen LogP contribution in [-0.2, 0) is 11.2 Å². The fourth-order valence-electron chi connectivity index (χ4n) is 1.50. The van der Waals surface area contributed by atoms with Crippen molar-refractivity contribution >= 4 is 5.91 Å². The smallest absolute Gasteiger partial charge is 0.345 e. The summed E-state index contributed by atoms with van der Waals surface area (Å²) < 4.78 is 0. The number of nitrogens with one attached hydrogen (secondary N) is 2. The summed E-state index contributed by atoms with van der Waals surface area (Å²) in [5.41, 5.74) is 1.76. The predicted molar refractivity (Wildman–Crippen MR) is 61.3 cm³/mol. The molecule has 0 aromatic carbocycles. The second-order valence-corrected chi connectivity index (χ2v) is 3.76. The van der Waals surface area contributed by atoms with Crippen LogP contribution in [0.25, 0.3) is 0 Å². The Morgan fingerprint density at radius 3 is 2.69 bits per heavy atom. The Kier molecular flexibility index (Phi) is 4.22. The number of aryl methyl sites for hydroxylation is 2. The first-order valence-electron chi connectivity index (χ1n) is 5.37. The van der Waals surface area contributed by atoms with Crippen LogP contribution in [0.5, 0.6) is 0 Å². The van der Waals surface area contributed by atoms with E-state index in [0.717, 1.165) is 12.0 Å². The summed E-state index contributed by atoms with van der Waals surface area (Å²) in [6.07, 6.45) is 1.18. The number of nitrogens with zero attached hydrogens (tertiary/aromatic N) is 1. The molecule has 2 N–H and O–H groups in total. The van der Waals surface area contributed by atoms with E-state index in [1.54, 1.807) is 13.8 Å². The average Bonchev–Trinajstić information content (AvgIpc) is 2.20. The fraction of sp³-hybridized carbons (Fsp3) is 0.545. The lowest BCUT2D eigenvalue weighted by Crippen LogP contribution is -2.27. The minimum Gasteiger partial charge on any atom is -0.356 e. The van der Waals surface area contributed by atoms with Crippen LogP contribution < -0.4 is 11.0 Å². The van der Waals surface area contributed by atoms with E-state index < -0.39 is 0 Å². The predicted octanol–water partition coefficient (Wildman–Crippen LogP) is 0.455. The Morgan fingerprint density at radius 2 is 2.12 bits per heavy atom. The van der Waals surface area contributed by atoms with Crippen LogP contribution in [0.2, 0.25) is 0 Å². The molecule has 0 radical (unpaired) electrons. The maximum Gasteiger partial charge on any atom is 0.345 e. The zero-order chi connectivity index (χ0) is 12.1. The highest BCUT2D eigenvalue weighted by atomic mass is 16.1. The third-order valence-electron chi connectivity index (χ3n) is 2.36. The number of hydrogen-bond acceptors (Lipinski definition) is 3. The van der Waals surface area contributed by atoms with Crippen molar-refractivity contribution in [1.29, 1.82) is 0 Å². The summed E-state index contributed by atoms with van der Waals surface area (Å²) >= 11 is 0. The largest absolute Gasteiger partial charge is 0.356 e. The molecular weight excluding hydrogens is 206 g/mol. The summed E-state index contributed by atoms with van der Waals surface area (Å²) in [5.74, 6) is -0.0399. The first-order valence-corrected chi connectivity index (χ1v) is 5.37. The van der Waals surface area contributed by atoms with Crippen molar-refractivity contribution < 1.29 is 4.79 Å². The molecule has 16 heavy (non-hydrogen) atoms. The molecule has 1 rings (SSSR count). The van der Waals surface area contributed by atoms with Gasteiger partial charge < -0.3 is 10.3 Å². The number of aromatic nitrogens is 2. The molecule has 1 aromatic heterocycles. The lowest BCUT2D eigenvalue weighted by atomic mass is 10.1. The normalized spacial score (nSPS) is 10.2. The van der Waals surface area contributed by atoms with Gasteiger partial charge in [0.2, 0.25) is 5.91 Å². The van der Waals surface area contributed by atoms with Crippen molar-refractivity contribution in [1.82, 2.24) is 15.3 Å². The molecule has 0 aliphatic rings.